The lowest BCUT2D eigenvalue weighted by Crippen LogP contribution is -2.46. The summed E-state index contributed by atoms with van der Waals surface area (Å²) >= 11 is 5.93. The number of amides is 2. The molecule has 1 heterocycles. The fourth-order valence-corrected chi connectivity index (χ4v) is 3.84. The van der Waals surface area contributed by atoms with Crippen LogP contribution in [0.15, 0.2) is 24.3 Å². The van der Waals surface area contributed by atoms with Crippen molar-refractivity contribution >= 4 is 23.4 Å². The lowest BCUT2D eigenvalue weighted by molar-refractivity contribution is -0.136. The predicted octanol–water partition coefficient (Wildman–Crippen LogP) is 2.96. The van der Waals surface area contributed by atoms with Gasteiger partial charge in [-0.25, -0.2) is 0 Å². The molecular formula is C19H23ClN2O2. The van der Waals surface area contributed by atoms with Crippen molar-refractivity contribution in [3.05, 3.63) is 34.9 Å². The van der Waals surface area contributed by atoms with Gasteiger partial charge >= 0.3 is 0 Å². The van der Waals surface area contributed by atoms with Crippen LogP contribution in [0.2, 0.25) is 5.02 Å². The summed E-state index contributed by atoms with van der Waals surface area (Å²) in [4.78, 5) is 27.0. The Balaban J connectivity index is 1.34. The number of carbonyl (C=O) groups excluding carboxylic acids is 2. The third-order valence-electron chi connectivity index (χ3n) is 5.43. The van der Waals surface area contributed by atoms with Gasteiger partial charge in [0.2, 0.25) is 11.8 Å². The van der Waals surface area contributed by atoms with Crippen molar-refractivity contribution in [2.45, 2.75) is 44.1 Å². The zero-order valence-electron chi connectivity index (χ0n) is 13.7. The van der Waals surface area contributed by atoms with Crippen molar-refractivity contribution in [1.29, 1.82) is 0 Å². The highest BCUT2D eigenvalue weighted by molar-refractivity contribution is 6.30. The number of likely N-dealkylation sites (tertiary alicyclic amines) is 1. The van der Waals surface area contributed by atoms with E-state index in [0.717, 1.165) is 43.7 Å². The summed E-state index contributed by atoms with van der Waals surface area (Å²) in [6.07, 6.45) is 4.94. The van der Waals surface area contributed by atoms with E-state index in [-0.39, 0.29) is 23.7 Å². The van der Waals surface area contributed by atoms with Crippen LogP contribution in [-0.4, -0.2) is 35.8 Å². The van der Waals surface area contributed by atoms with Gasteiger partial charge < -0.3 is 10.2 Å². The molecule has 128 valence electrons. The lowest BCUT2D eigenvalue weighted by atomic mass is 9.96. The van der Waals surface area contributed by atoms with Gasteiger partial charge in [-0.15, -0.1) is 0 Å². The molecule has 3 fully saturated rings. The normalized spacial score (nSPS) is 29.2. The van der Waals surface area contributed by atoms with Crippen LogP contribution in [0, 0.1) is 11.8 Å². The van der Waals surface area contributed by atoms with Gasteiger partial charge in [0.1, 0.15) is 0 Å². The molecular weight excluding hydrogens is 324 g/mol. The van der Waals surface area contributed by atoms with Crippen molar-refractivity contribution in [3.63, 3.8) is 0 Å². The van der Waals surface area contributed by atoms with Crippen LogP contribution in [0.4, 0.5) is 0 Å². The number of nitrogens with zero attached hydrogens (tertiary/aromatic N) is 1. The lowest BCUT2D eigenvalue weighted by Gasteiger charge is -2.32. The standard InChI is InChI=1S/C19H23ClN2O2/c20-14-5-3-12(4-6-14)16-10-17(16)19(24)22-9-1-2-13(11-22)18(23)21-15-7-8-15/h3-6,13,15-17H,1-2,7-11H2,(H,21,23)/t13-,16+,17-/m1/s1. The summed E-state index contributed by atoms with van der Waals surface area (Å²) in [5.74, 6) is 0.724. The number of piperidine rings is 1. The van der Waals surface area contributed by atoms with E-state index in [0.29, 0.717) is 18.5 Å². The van der Waals surface area contributed by atoms with E-state index >= 15 is 0 Å². The minimum atomic E-state index is -0.0315. The maximum atomic E-state index is 12.8. The van der Waals surface area contributed by atoms with E-state index in [1.54, 1.807) is 0 Å². The maximum absolute atomic E-state index is 12.8. The SMILES string of the molecule is O=C(NC1CC1)[C@@H]1CCCN(C(=O)[C@@H]2C[C@H]2c2ccc(Cl)cc2)C1. The molecule has 4 nitrogen and oxygen atoms in total. The molecule has 0 unspecified atom stereocenters. The molecule has 0 aromatic heterocycles. The monoisotopic (exact) mass is 346 g/mol. The van der Waals surface area contributed by atoms with Crippen molar-refractivity contribution in [1.82, 2.24) is 10.2 Å². The molecule has 1 N–H and O–H groups in total. The largest absolute Gasteiger partial charge is 0.353 e. The first-order chi connectivity index (χ1) is 11.6. The average Bonchev–Trinajstić information content (AvgIpc) is 3.50. The van der Waals surface area contributed by atoms with Gasteiger partial charge in [-0.3, -0.25) is 9.59 Å². The van der Waals surface area contributed by atoms with Crippen molar-refractivity contribution in [3.8, 4) is 0 Å². The van der Waals surface area contributed by atoms with E-state index in [2.05, 4.69) is 5.32 Å². The van der Waals surface area contributed by atoms with Gasteiger partial charge in [0.05, 0.1) is 5.92 Å². The van der Waals surface area contributed by atoms with Crippen LogP contribution in [0.5, 0.6) is 0 Å². The van der Waals surface area contributed by atoms with E-state index in [1.165, 1.54) is 5.56 Å². The van der Waals surface area contributed by atoms with Crippen LogP contribution < -0.4 is 5.32 Å². The average molecular weight is 347 g/mol. The fraction of sp³-hybridized carbons (Fsp3) is 0.579. The van der Waals surface area contributed by atoms with Gasteiger partial charge in [-0.05, 0) is 55.7 Å². The Morgan fingerprint density at radius 1 is 1.12 bits per heavy atom. The number of hydrogen-bond donors (Lipinski definition) is 1. The third kappa shape index (κ3) is 3.44. The summed E-state index contributed by atoms with van der Waals surface area (Å²) in [5.41, 5.74) is 1.19. The van der Waals surface area contributed by atoms with Gasteiger partial charge in [0, 0.05) is 30.1 Å². The summed E-state index contributed by atoms with van der Waals surface area (Å²) in [6.45, 7) is 1.37. The Morgan fingerprint density at radius 2 is 1.88 bits per heavy atom. The Bertz CT molecular complexity index is 641. The highest BCUT2D eigenvalue weighted by atomic mass is 35.5. The predicted molar refractivity (Wildman–Crippen MR) is 92.8 cm³/mol. The number of halogens is 1. The smallest absolute Gasteiger partial charge is 0.226 e. The second kappa shape index (κ2) is 6.40. The zero-order valence-corrected chi connectivity index (χ0v) is 14.5. The molecule has 1 aromatic rings. The maximum Gasteiger partial charge on any atom is 0.226 e. The molecule has 1 aliphatic heterocycles. The quantitative estimate of drug-likeness (QED) is 0.911. The van der Waals surface area contributed by atoms with Crippen LogP contribution in [0.25, 0.3) is 0 Å². The molecule has 0 bridgehead atoms. The summed E-state index contributed by atoms with van der Waals surface area (Å²) < 4.78 is 0. The van der Waals surface area contributed by atoms with Crippen molar-refractivity contribution in [2.24, 2.45) is 11.8 Å². The summed E-state index contributed by atoms with van der Waals surface area (Å²) in [5, 5.41) is 3.80. The molecule has 5 heteroatoms. The van der Waals surface area contributed by atoms with Gasteiger partial charge in [0.15, 0.2) is 0 Å². The van der Waals surface area contributed by atoms with Gasteiger partial charge in [0.25, 0.3) is 0 Å². The van der Waals surface area contributed by atoms with Gasteiger partial charge in [-0.1, -0.05) is 23.7 Å². The molecule has 3 aliphatic rings. The van der Waals surface area contributed by atoms with E-state index in [9.17, 15) is 9.59 Å². The molecule has 24 heavy (non-hydrogen) atoms. The van der Waals surface area contributed by atoms with E-state index < -0.39 is 0 Å². The molecule has 1 aromatic carbocycles. The molecule has 2 aliphatic carbocycles. The molecule has 1 saturated heterocycles. The van der Waals surface area contributed by atoms with Crippen molar-refractivity contribution < 1.29 is 9.59 Å². The van der Waals surface area contributed by atoms with Crippen LogP contribution in [0.1, 0.15) is 43.6 Å². The Kier molecular flexibility index (Phi) is 4.25. The van der Waals surface area contributed by atoms with Crippen LogP contribution in [0.3, 0.4) is 0 Å². The topological polar surface area (TPSA) is 49.4 Å². The number of nitrogens with one attached hydrogen (secondary N) is 1. The van der Waals surface area contributed by atoms with Gasteiger partial charge in [-0.2, -0.15) is 0 Å². The third-order valence-corrected chi connectivity index (χ3v) is 5.69. The number of hydrogen-bond acceptors (Lipinski definition) is 2. The first-order valence-electron chi connectivity index (χ1n) is 8.96. The Morgan fingerprint density at radius 3 is 2.58 bits per heavy atom. The molecule has 3 atom stereocenters. The molecule has 2 saturated carbocycles. The number of benzene rings is 1. The molecule has 2 amide bonds. The second-order valence-corrected chi connectivity index (χ2v) is 7.84. The molecule has 4 rings (SSSR count). The number of carbonyl (C=O) groups is 2. The first kappa shape index (κ1) is 15.9. The van der Waals surface area contributed by atoms with E-state index in [4.69, 9.17) is 11.6 Å². The fourth-order valence-electron chi connectivity index (χ4n) is 3.72. The number of rotatable bonds is 4. The highest BCUT2D eigenvalue weighted by Gasteiger charge is 2.46. The van der Waals surface area contributed by atoms with Crippen LogP contribution in [-0.2, 0) is 9.59 Å². The minimum absolute atomic E-state index is 0.0315. The highest BCUT2D eigenvalue weighted by Crippen LogP contribution is 2.49. The van der Waals surface area contributed by atoms with Crippen molar-refractivity contribution in [2.75, 3.05) is 13.1 Å². The zero-order chi connectivity index (χ0) is 16.7. The summed E-state index contributed by atoms with van der Waals surface area (Å²) in [7, 11) is 0. The Hall–Kier alpha value is -1.55. The molecule has 0 radical (unpaired) electrons. The summed E-state index contributed by atoms with van der Waals surface area (Å²) in [6, 6.07) is 8.19. The molecule has 0 spiro atoms. The van der Waals surface area contributed by atoms with Crippen LogP contribution >= 0.6 is 11.6 Å². The Labute approximate surface area is 147 Å². The van der Waals surface area contributed by atoms with E-state index in [1.807, 2.05) is 29.2 Å². The minimum Gasteiger partial charge on any atom is -0.353 e. The first-order valence-corrected chi connectivity index (χ1v) is 9.34. The second-order valence-electron chi connectivity index (χ2n) is 7.41.